The van der Waals surface area contributed by atoms with Gasteiger partial charge in [-0.3, -0.25) is 9.48 Å². The number of aryl methyl sites for hydroxylation is 3. The summed E-state index contributed by atoms with van der Waals surface area (Å²) in [6.07, 6.45) is 5.52. The second-order valence-corrected chi connectivity index (χ2v) is 12.8. The normalized spacial score (nSPS) is 12.1. The number of aromatic nitrogens is 5. The van der Waals surface area contributed by atoms with Crippen molar-refractivity contribution >= 4 is 11.6 Å². The van der Waals surface area contributed by atoms with Gasteiger partial charge < -0.3 is 10.1 Å². The third-order valence-corrected chi connectivity index (χ3v) is 7.30. The number of amides is 1. The highest BCUT2D eigenvalue weighted by Crippen LogP contribution is 2.38. The van der Waals surface area contributed by atoms with Crippen molar-refractivity contribution in [3.8, 4) is 22.7 Å². The fraction of sp³-hybridized carbons (Fsp3) is 0.438. The van der Waals surface area contributed by atoms with Crippen LogP contribution in [0.15, 0.2) is 42.7 Å². The van der Waals surface area contributed by atoms with Crippen LogP contribution in [0, 0.1) is 19.3 Å². The van der Waals surface area contributed by atoms with Crippen LogP contribution in [-0.2, 0) is 18.9 Å². The fourth-order valence-electron chi connectivity index (χ4n) is 4.71. The number of hydrogen-bond acceptors (Lipinski definition) is 5. The first kappa shape index (κ1) is 29.1. The van der Waals surface area contributed by atoms with E-state index in [-0.39, 0.29) is 16.7 Å². The van der Waals surface area contributed by atoms with E-state index in [9.17, 15) is 4.79 Å². The molecule has 0 fully saturated rings. The number of methoxy groups -OCH3 is 1. The van der Waals surface area contributed by atoms with Crippen molar-refractivity contribution in [2.75, 3.05) is 12.4 Å². The SMILES string of the molecule is COc1c(CCC(C)(C)C)cc(NC(=O)c2ccc(C)c(-n3cc(-c4cnn(C)c4C)nn3)c2)cc1C(C)(C)C. The molecule has 1 amide bonds. The summed E-state index contributed by atoms with van der Waals surface area (Å²) in [6.45, 7) is 17.2. The van der Waals surface area contributed by atoms with Gasteiger partial charge >= 0.3 is 0 Å². The first-order valence-electron chi connectivity index (χ1n) is 13.7. The molecule has 0 unspecified atom stereocenters. The van der Waals surface area contributed by atoms with Gasteiger partial charge in [0.2, 0.25) is 0 Å². The molecule has 0 radical (unpaired) electrons. The fourth-order valence-corrected chi connectivity index (χ4v) is 4.71. The molecule has 1 N–H and O–H groups in total. The zero-order valence-corrected chi connectivity index (χ0v) is 25.5. The van der Waals surface area contributed by atoms with Crippen LogP contribution in [0.1, 0.15) is 80.7 Å². The predicted molar refractivity (Wildman–Crippen MR) is 160 cm³/mol. The summed E-state index contributed by atoms with van der Waals surface area (Å²) in [4.78, 5) is 13.5. The third kappa shape index (κ3) is 6.27. The molecule has 40 heavy (non-hydrogen) atoms. The summed E-state index contributed by atoms with van der Waals surface area (Å²) in [5.41, 5.74) is 7.95. The maximum Gasteiger partial charge on any atom is 0.255 e. The first-order valence-corrected chi connectivity index (χ1v) is 13.7. The van der Waals surface area contributed by atoms with Crippen molar-refractivity contribution in [2.24, 2.45) is 12.5 Å². The Labute approximate surface area is 237 Å². The Bertz CT molecular complexity index is 1530. The monoisotopic (exact) mass is 542 g/mol. The number of carbonyl (C=O) groups is 1. The van der Waals surface area contributed by atoms with Crippen molar-refractivity contribution < 1.29 is 9.53 Å². The molecular weight excluding hydrogens is 500 g/mol. The molecule has 8 heteroatoms. The summed E-state index contributed by atoms with van der Waals surface area (Å²) in [6, 6.07) is 9.71. The topological polar surface area (TPSA) is 86.9 Å². The highest BCUT2D eigenvalue weighted by Gasteiger charge is 2.24. The van der Waals surface area contributed by atoms with Crippen LogP contribution < -0.4 is 10.1 Å². The van der Waals surface area contributed by atoms with E-state index in [1.807, 2.05) is 62.1 Å². The van der Waals surface area contributed by atoms with Crippen molar-refractivity contribution in [2.45, 2.75) is 73.6 Å². The number of carbonyl (C=O) groups excluding carboxylic acids is 1. The van der Waals surface area contributed by atoms with E-state index in [1.54, 1.807) is 18.0 Å². The summed E-state index contributed by atoms with van der Waals surface area (Å²) in [5.74, 6) is 0.717. The standard InChI is InChI=1S/C32H42N6O2/c1-20-11-12-23(16-28(20)38-19-27(35-36-38)25-18-33-37(9)21(25)2)30(39)34-24-15-22(13-14-31(3,4)5)29(40-10)26(17-24)32(6,7)8/h11-12,15-19H,13-14H2,1-10H3,(H,34,39). The summed E-state index contributed by atoms with van der Waals surface area (Å²) in [5, 5.41) is 16.2. The summed E-state index contributed by atoms with van der Waals surface area (Å²) >= 11 is 0. The van der Waals surface area contributed by atoms with Crippen molar-refractivity contribution in [3.05, 3.63) is 70.7 Å². The first-order chi connectivity index (χ1) is 18.7. The van der Waals surface area contributed by atoms with Crippen LogP contribution in [0.4, 0.5) is 5.69 Å². The molecule has 4 rings (SSSR count). The van der Waals surface area contributed by atoms with E-state index in [1.165, 1.54) is 0 Å². The maximum absolute atomic E-state index is 13.5. The number of nitrogens with zero attached hydrogens (tertiary/aromatic N) is 5. The van der Waals surface area contributed by atoms with Gasteiger partial charge in [-0.25, -0.2) is 4.68 Å². The lowest BCUT2D eigenvalue weighted by Gasteiger charge is -2.26. The van der Waals surface area contributed by atoms with Gasteiger partial charge in [-0.05, 0) is 72.9 Å². The van der Waals surface area contributed by atoms with Crippen molar-refractivity contribution in [1.29, 1.82) is 0 Å². The van der Waals surface area contributed by atoms with E-state index in [2.05, 4.69) is 62.3 Å². The second kappa shape index (κ2) is 10.9. The molecule has 2 aromatic heterocycles. The molecule has 0 atom stereocenters. The Morgan fingerprint density at radius 2 is 1.77 bits per heavy atom. The molecule has 2 aromatic carbocycles. The molecule has 2 heterocycles. The molecule has 0 spiro atoms. The summed E-state index contributed by atoms with van der Waals surface area (Å²) in [7, 11) is 3.62. The number of anilines is 1. The lowest BCUT2D eigenvalue weighted by Crippen LogP contribution is -2.18. The van der Waals surface area contributed by atoms with E-state index in [0.717, 1.165) is 63.6 Å². The van der Waals surface area contributed by atoms with E-state index in [4.69, 9.17) is 4.74 Å². The van der Waals surface area contributed by atoms with Crippen LogP contribution in [0.5, 0.6) is 5.75 Å². The Morgan fingerprint density at radius 3 is 2.38 bits per heavy atom. The van der Waals surface area contributed by atoms with Gasteiger partial charge in [0.05, 0.1) is 25.2 Å². The Balaban J connectivity index is 1.66. The number of rotatable bonds is 7. The molecule has 0 aliphatic heterocycles. The molecular formula is C32H42N6O2. The van der Waals surface area contributed by atoms with Crippen molar-refractivity contribution in [3.63, 3.8) is 0 Å². The zero-order valence-electron chi connectivity index (χ0n) is 25.5. The van der Waals surface area contributed by atoms with Crippen LogP contribution in [0.3, 0.4) is 0 Å². The van der Waals surface area contributed by atoms with E-state index < -0.39 is 0 Å². The largest absolute Gasteiger partial charge is 0.496 e. The van der Waals surface area contributed by atoms with Gasteiger partial charge in [0, 0.05) is 35.1 Å². The molecule has 0 aliphatic carbocycles. The number of benzene rings is 2. The molecule has 0 saturated carbocycles. The van der Waals surface area contributed by atoms with Crippen LogP contribution >= 0.6 is 0 Å². The molecule has 0 bridgehead atoms. The van der Waals surface area contributed by atoms with Gasteiger partial charge in [-0.1, -0.05) is 52.8 Å². The lowest BCUT2D eigenvalue weighted by molar-refractivity contribution is 0.102. The quantitative estimate of drug-likeness (QED) is 0.277. The predicted octanol–water partition coefficient (Wildman–Crippen LogP) is 6.82. The number of hydrogen-bond donors (Lipinski definition) is 1. The van der Waals surface area contributed by atoms with E-state index in [0.29, 0.717) is 5.56 Å². The third-order valence-electron chi connectivity index (χ3n) is 7.30. The lowest BCUT2D eigenvalue weighted by atomic mass is 9.82. The van der Waals surface area contributed by atoms with Crippen molar-refractivity contribution in [1.82, 2.24) is 24.8 Å². The smallest absolute Gasteiger partial charge is 0.255 e. The summed E-state index contributed by atoms with van der Waals surface area (Å²) < 4.78 is 9.42. The van der Waals surface area contributed by atoms with Crippen LogP contribution in [-0.4, -0.2) is 37.8 Å². The van der Waals surface area contributed by atoms with Gasteiger partial charge in [-0.15, -0.1) is 5.10 Å². The van der Waals surface area contributed by atoms with Gasteiger partial charge in [-0.2, -0.15) is 5.10 Å². The highest BCUT2D eigenvalue weighted by atomic mass is 16.5. The minimum Gasteiger partial charge on any atom is -0.496 e. The average Bonchev–Trinajstić information content (AvgIpc) is 3.48. The molecule has 212 valence electrons. The van der Waals surface area contributed by atoms with Gasteiger partial charge in [0.15, 0.2) is 0 Å². The number of ether oxygens (including phenoxy) is 1. The zero-order chi connectivity index (χ0) is 29.4. The van der Waals surface area contributed by atoms with Crippen LogP contribution in [0.25, 0.3) is 16.9 Å². The van der Waals surface area contributed by atoms with Gasteiger partial charge in [0.1, 0.15) is 11.4 Å². The molecule has 0 saturated heterocycles. The Morgan fingerprint density at radius 1 is 1.05 bits per heavy atom. The second-order valence-electron chi connectivity index (χ2n) is 12.8. The van der Waals surface area contributed by atoms with E-state index >= 15 is 0 Å². The Kier molecular flexibility index (Phi) is 7.92. The highest BCUT2D eigenvalue weighted by molar-refractivity contribution is 6.04. The van der Waals surface area contributed by atoms with Crippen LogP contribution in [0.2, 0.25) is 0 Å². The molecule has 8 nitrogen and oxygen atoms in total. The maximum atomic E-state index is 13.5. The molecule has 4 aromatic rings. The average molecular weight is 543 g/mol. The minimum atomic E-state index is -0.184. The number of nitrogens with one attached hydrogen (secondary N) is 1. The van der Waals surface area contributed by atoms with Gasteiger partial charge in [0.25, 0.3) is 5.91 Å². The minimum absolute atomic E-state index is 0.156. The molecule has 0 aliphatic rings. The Hall–Kier alpha value is -3.94.